The van der Waals surface area contributed by atoms with Crippen LogP contribution in [0.3, 0.4) is 0 Å². The first-order chi connectivity index (χ1) is 10.5. The third kappa shape index (κ3) is 3.71. The molecule has 0 aliphatic carbocycles. The summed E-state index contributed by atoms with van der Waals surface area (Å²) in [6.07, 6.45) is 0.266. The Kier molecular flexibility index (Phi) is 4.91. The number of carbonyl (C=O) groups excluding carboxylic acids is 2. The molecule has 0 saturated heterocycles. The van der Waals surface area contributed by atoms with Crippen molar-refractivity contribution in [3.05, 3.63) is 65.2 Å². The lowest BCUT2D eigenvalue weighted by molar-refractivity contribution is 0.0706. The van der Waals surface area contributed by atoms with Gasteiger partial charge < -0.3 is 4.90 Å². The van der Waals surface area contributed by atoms with Crippen molar-refractivity contribution in [1.82, 2.24) is 5.48 Å². The van der Waals surface area contributed by atoms with Crippen LogP contribution in [0.4, 0.5) is 5.69 Å². The molecule has 0 fully saturated rings. The molecule has 0 aromatic heterocycles. The zero-order chi connectivity index (χ0) is 16.1. The molecule has 2 aromatic carbocycles. The molecule has 2 aromatic rings. The van der Waals surface area contributed by atoms with Gasteiger partial charge in [0, 0.05) is 37.3 Å². The van der Waals surface area contributed by atoms with E-state index in [2.05, 4.69) is 0 Å². The molecule has 0 aliphatic rings. The molecule has 0 atom stereocenters. The summed E-state index contributed by atoms with van der Waals surface area (Å²) in [6.45, 7) is 0. The van der Waals surface area contributed by atoms with Crippen LogP contribution in [0.1, 0.15) is 26.3 Å². The van der Waals surface area contributed by atoms with Gasteiger partial charge in [-0.1, -0.05) is 12.1 Å². The lowest BCUT2D eigenvalue weighted by Gasteiger charge is -2.12. The van der Waals surface area contributed by atoms with Crippen LogP contribution in [0.15, 0.2) is 48.5 Å². The smallest absolute Gasteiger partial charge is 0.274 e. The normalized spacial score (nSPS) is 10.1. The topological polar surface area (TPSA) is 69.6 Å². The summed E-state index contributed by atoms with van der Waals surface area (Å²) in [5, 5.41) is 8.56. The molecule has 0 aliphatic heterocycles. The number of nitrogens with one attached hydrogen (secondary N) is 1. The average Bonchev–Trinajstić information content (AvgIpc) is 2.54. The molecule has 2 rings (SSSR count). The number of anilines is 1. The number of amides is 1. The van der Waals surface area contributed by atoms with Crippen molar-refractivity contribution in [2.24, 2.45) is 0 Å². The molecule has 0 heterocycles. The van der Waals surface area contributed by atoms with Gasteiger partial charge in [-0.2, -0.15) is 0 Å². The van der Waals surface area contributed by atoms with Gasteiger partial charge >= 0.3 is 0 Å². The maximum atomic E-state index is 12.2. The lowest BCUT2D eigenvalue weighted by atomic mass is 10.0. The number of hydrogen-bond acceptors (Lipinski definition) is 4. The summed E-state index contributed by atoms with van der Waals surface area (Å²) in [7, 11) is 3.89. The molecule has 0 spiro atoms. The second kappa shape index (κ2) is 6.87. The summed E-state index contributed by atoms with van der Waals surface area (Å²) in [5.41, 5.74) is 4.42. The predicted molar refractivity (Wildman–Crippen MR) is 84.5 cm³/mol. The molecule has 22 heavy (non-hydrogen) atoms. The van der Waals surface area contributed by atoms with Crippen molar-refractivity contribution in [1.29, 1.82) is 0 Å². The molecule has 5 nitrogen and oxygen atoms in total. The number of rotatable bonds is 5. The van der Waals surface area contributed by atoms with E-state index >= 15 is 0 Å². The molecule has 0 radical (unpaired) electrons. The van der Waals surface area contributed by atoms with E-state index in [4.69, 9.17) is 5.21 Å². The minimum Gasteiger partial charge on any atom is -0.378 e. The van der Waals surface area contributed by atoms with Crippen LogP contribution in [0.5, 0.6) is 0 Å². The standard InChI is InChI=1S/C17H18N2O3/c1-19(2)15-9-7-13(8-10-15)16(20)11-12-3-5-14(6-4-12)17(21)18-22/h3-10,22H,11H2,1-2H3,(H,18,21). The van der Waals surface area contributed by atoms with Gasteiger partial charge in [0.1, 0.15) is 0 Å². The van der Waals surface area contributed by atoms with Crippen molar-refractivity contribution >= 4 is 17.4 Å². The summed E-state index contributed by atoms with van der Waals surface area (Å²) >= 11 is 0. The summed E-state index contributed by atoms with van der Waals surface area (Å²) in [6, 6.07) is 14.0. The van der Waals surface area contributed by atoms with E-state index in [1.54, 1.807) is 29.7 Å². The second-order valence-electron chi connectivity index (χ2n) is 5.18. The van der Waals surface area contributed by atoms with E-state index in [1.807, 2.05) is 43.3 Å². The van der Waals surface area contributed by atoms with Gasteiger partial charge in [0.15, 0.2) is 5.78 Å². The van der Waals surface area contributed by atoms with Crippen LogP contribution in [0.25, 0.3) is 0 Å². The molecular weight excluding hydrogens is 280 g/mol. The molecular formula is C17H18N2O3. The fourth-order valence-electron chi connectivity index (χ4n) is 2.07. The Morgan fingerprint density at radius 3 is 2.00 bits per heavy atom. The Hall–Kier alpha value is -2.66. The predicted octanol–water partition coefficient (Wildman–Crippen LogP) is 2.30. The van der Waals surface area contributed by atoms with Crippen molar-refractivity contribution in [3.8, 4) is 0 Å². The summed E-state index contributed by atoms with van der Waals surface area (Å²) in [5.74, 6) is -0.554. The Morgan fingerprint density at radius 1 is 0.955 bits per heavy atom. The minimum atomic E-state index is -0.572. The van der Waals surface area contributed by atoms with Crippen LogP contribution < -0.4 is 10.4 Å². The number of Topliss-reactive ketones (excluding diaryl/α,β-unsaturated/α-hetero) is 1. The van der Waals surface area contributed by atoms with Crippen LogP contribution in [-0.2, 0) is 6.42 Å². The third-order valence-corrected chi connectivity index (χ3v) is 3.39. The van der Waals surface area contributed by atoms with E-state index in [1.165, 1.54) is 0 Å². The Bertz CT molecular complexity index is 661. The zero-order valence-electron chi connectivity index (χ0n) is 12.5. The Labute approximate surface area is 129 Å². The fourth-order valence-corrected chi connectivity index (χ4v) is 2.07. The number of hydrogen-bond donors (Lipinski definition) is 2. The number of ketones is 1. The van der Waals surface area contributed by atoms with E-state index in [-0.39, 0.29) is 12.2 Å². The number of carbonyl (C=O) groups is 2. The highest BCUT2D eigenvalue weighted by Gasteiger charge is 2.09. The number of benzene rings is 2. The quantitative estimate of drug-likeness (QED) is 0.505. The van der Waals surface area contributed by atoms with Gasteiger partial charge in [-0.25, -0.2) is 5.48 Å². The highest BCUT2D eigenvalue weighted by molar-refractivity contribution is 5.98. The molecule has 5 heteroatoms. The molecule has 0 unspecified atom stereocenters. The maximum absolute atomic E-state index is 12.2. The first-order valence-corrected chi connectivity index (χ1v) is 6.85. The summed E-state index contributed by atoms with van der Waals surface area (Å²) in [4.78, 5) is 25.4. The van der Waals surface area contributed by atoms with Crippen LogP contribution in [-0.4, -0.2) is 31.0 Å². The monoisotopic (exact) mass is 298 g/mol. The van der Waals surface area contributed by atoms with E-state index < -0.39 is 5.91 Å². The van der Waals surface area contributed by atoms with E-state index in [0.29, 0.717) is 11.1 Å². The highest BCUT2D eigenvalue weighted by Crippen LogP contribution is 2.14. The SMILES string of the molecule is CN(C)c1ccc(C(=O)Cc2ccc(C(=O)NO)cc2)cc1. The summed E-state index contributed by atoms with van der Waals surface area (Å²) < 4.78 is 0. The first kappa shape index (κ1) is 15.7. The molecule has 0 bridgehead atoms. The second-order valence-corrected chi connectivity index (χ2v) is 5.18. The van der Waals surface area contributed by atoms with Crippen LogP contribution >= 0.6 is 0 Å². The van der Waals surface area contributed by atoms with E-state index in [0.717, 1.165) is 11.3 Å². The largest absolute Gasteiger partial charge is 0.378 e. The maximum Gasteiger partial charge on any atom is 0.274 e. The Balaban J connectivity index is 2.06. The molecule has 0 saturated carbocycles. The highest BCUT2D eigenvalue weighted by atomic mass is 16.5. The van der Waals surface area contributed by atoms with Gasteiger partial charge in [0.2, 0.25) is 0 Å². The lowest BCUT2D eigenvalue weighted by Crippen LogP contribution is -2.18. The molecule has 1 amide bonds. The van der Waals surface area contributed by atoms with Gasteiger partial charge in [-0.15, -0.1) is 0 Å². The molecule has 114 valence electrons. The van der Waals surface area contributed by atoms with Crippen molar-refractivity contribution in [3.63, 3.8) is 0 Å². The Morgan fingerprint density at radius 2 is 1.50 bits per heavy atom. The van der Waals surface area contributed by atoms with E-state index in [9.17, 15) is 9.59 Å². The van der Waals surface area contributed by atoms with Gasteiger partial charge in [-0.05, 0) is 42.0 Å². The van der Waals surface area contributed by atoms with Gasteiger partial charge in [-0.3, -0.25) is 14.8 Å². The number of hydroxylamine groups is 1. The van der Waals surface area contributed by atoms with Gasteiger partial charge in [0.25, 0.3) is 5.91 Å². The van der Waals surface area contributed by atoms with Crippen molar-refractivity contribution in [2.75, 3.05) is 19.0 Å². The average molecular weight is 298 g/mol. The zero-order valence-corrected chi connectivity index (χ0v) is 12.5. The van der Waals surface area contributed by atoms with Crippen LogP contribution in [0.2, 0.25) is 0 Å². The minimum absolute atomic E-state index is 0.0182. The van der Waals surface area contributed by atoms with Crippen molar-refractivity contribution < 1.29 is 14.8 Å². The first-order valence-electron chi connectivity index (χ1n) is 6.85. The van der Waals surface area contributed by atoms with Crippen LogP contribution in [0, 0.1) is 0 Å². The number of nitrogens with zero attached hydrogens (tertiary/aromatic N) is 1. The van der Waals surface area contributed by atoms with Gasteiger partial charge in [0.05, 0.1) is 0 Å². The van der Waals surface area contributed by atoms with Crippen molar-refractivity contribution in [2.45, 2.75) is 6.42 Å². The fraction of sp³-hybridized carbons (Fsp3) is 0.176. The molecule has 2 N–H and O–H groups in total. The third-order valence-electron chi connectivity index (χ3n) is 3.39.